The standard InChI is InChI=1S/2C21H23Si.C8H19Si.2ClH.Zr/c2*1-17(2)18-14-15-21(16-18)22(3,19-10-6-4-7-11-19)20-12-8-5-9-13-20;1-5-7(3)9-8(4)6-2;;;/h2*4-17H,1-3H3;7-9H,5-6H2,1-4H3;2*1H;/q2*-1;;;;+4/p-2. The first-order chi connectivity index (χ1) is 25.4. The maximum absolute atomic E-state index is 2.47. The second-order valence-corrected chi connectivity index (χ2v) is 26.5. The number of benzene rings is 4. The fourth-order valence-electron chi connectivity index (χ4n) is 7.18. The van der Waals surface area contributed by atoms with Gasteiger partial charge >= 0.3 is 26.2 Å². The summed E-state index contributed by atoms with van der Waals surface area (Å²) in [7, 11) is -3.09. The Labute approximate surface area is 377 Å². The van der Waals surface area contributed by atoms with Crippen molar-refractivity contribution in [1.29, 1.82) is 0 Å². The van der Waals surface area contributed by atoms with Crippen molar-refractivity contribution >= 4 is 56.8 Å². The normalized spacial score (nSPS) is 12.1. The Morgan fingerprint density at radius 3 is 0.893 bits per heavy atom. The van der Waals surface area contributed by atoms with Crippen LogP contribution in [0.3, 0.4) is 0 Å². The zero-order chi connectivity index (χ0) is 38.4. The number of hydrogen-bond donors (Lipinski definition) is 0. The molecule has 0 spiro atoms. The third-order valence-electron chi connectivity index (χ3n) is 11.4. The van der Waals surface area contributed by atoms with E-state index in [1.54, 1.807) is 0 Å². The third-order valence-corrected chi connectivity index (χ3v) is 22.5. The smallest absolute Gasteiger partial charge is 1.00 e. The van der Waals surface area contributed by atoms with Crippen LogP contribution in [0.25, 0.3) is 0 Å². The SMILES string of the molecule is CC(C)c1cc([Si](C)(c2ccccc2)c2ccccc2)c[cH-]1.CC(C)c1cc([Si](C)(c2ccccc2)c2ccccc2)c[cH-]1.CCC(C)[SiH]C(C)CC.[Cl-].[Cl-].[Zr+4]. The van der Waals surface area contributed by atoms with Gasteiger partial charge in [0.2, 0.25) is 0 Å². The Morgan fingerprint density at radius 2 is 0.696 bits per heavy atom. The van der Waals surface area contributed by atoms with E-state index >= 15 is 0 Å². The summed E-state index contributed by atoms with van der Waals surface area (Å²) in [6.07, 6.45) is 2.75. The Balaban J connectivity index is 0.000000443. The summed E-state index contributed by atoms with van der Waals surface area (Å²) >= 11 is 0. The first kappa shape index (κ1) is 51.7. The predicted molar refractivity (Wildman–Crippen MR) is 246 cm³/mol. The van der Waals surface area contributed by atoms with Crippen LogP contribution < -0.4 is 55.9 Å². The molecule has 6 heteroatoms. The molecule has 6 aromatic rings. The van der Waals surface area contributed by atoms with Crippen molar-refractivity contribution in [2.45, 2.75) is 104 Å². The van der Waals surface area contributed by atoms with E-state index in [1.165, 1.54) is 55.1 Å². The average molecular weight is 912 g/mol. The minimum atomic E-state index is -1.90. The first-order valence-electron chi connectivity index (χ1n) is 20.1. The monoisotopic (exact) mass is 909 g/mol. The molecule has 0 N–H and O–H groups in total. The van der Waals surface area contributed by atoms with Gasteiger partial charge in [-0.1, -0.05) is 234 Å². The van der Waals surface area contributed by atoms with Crippen molar-refractivity contribution in [1.82, 2.24) is 0 Å². The van der Waals surface area contributed by atoms with E-state index in [9.17, 15) is 0 Å². The minimum Gasteiger partial charge on any atom is -1.00 e. The molecule has 2 atom stereocenters. The molecule has 0 aliphatic rings. The third kappa shape index (κ3) is 13.4. The average Bonchev–Trinajstić information content (AvgIpc) is 3.92. The molecule has 0 saturated heterocycles. The van der Waals surface area contributed by atoms with Crippen molar-refractivity contribution in [2.24, 2.45) is 0 Å². The summed E-state index contributed by atoms with van der Waals surface area (Å²) < 4.78 is 0. The van der Waals surface area contributed by atoms with Gasteiger partial charge in [-0.15, -0.1) is 0 Å². The fourth-order valence-corrected chi connectivity index (χ4v) is 16.0. The predicted octanol–water partition coefficient (Wildman–Crippen LogP) is 4.12. The summed E-state index contributed by atoms with van der Waals surface area (Å²) in [5.74, 6) is 1.16. The summed E-state index contributed by atoms with van der Waals surface area (Å²) in [6.45, 7) is 23.3. The molecule has 0 aromatic heterocycles. The quantitative estimate of drug-likeness (QED) is 0.128. The van der Waals surface area contributed by atoms with Gasteiger partial charge in [-0.25, -0.2) is 12.1 Å². The van der Waals surface area contributed by atoms with Gasteiger partial charge in [-0.05, 0) is 11.8 Å². The zero-order valence-corrected chi connectivity index (χ0v) is 42.7. The Kier molecular flexibility index (Phi) is 23.3. The molecule has 0 fully saturated rings. The molecular weight excluding hydrogens is 847 g/mol. The molecule has 295 valence electrons. The summed E-state index contributed by atoms with van der Waals surface area (Å²) in [4.78, 5) is 0. The Morgan fingerprint density at radius 1 is 0.446 bits per heavy atom. The van der Waals surface area contributed by atoms with Crippen molar-refractivity contribution < 1.29 is 51.0 Å². The van der Waals surface area contributed by atoms with Crippen LogP contribution in [0.15, 0.2) is 158 Å². The van der Waals surface area contributed by atoms with E-state index in [1.807, 2.05) is 0 Å². The van der Waals surface area contributed by atoms with Crippen molar-refractivity contribution in [2.75, 3.05) is 0 Å². The molecule has 0 amide bonds. The van der Waals surface area contributed by atoms with E-state index in [0.717, 1.165) is 20.6 Å². The molecule has 0 bridgehead atoms. The Hall–Kier alpha value is -2.31. The van der Waals surface area contributed by atoms with Crippen LogP contribution in [-0.4, -0.2) is 25.7 Å². The van der Waals surface area contributed by atoms with Gasteiger partial charge in [0.25, 0.3) is 0 Å². The van der Waals surface area contributed by atoms with Crippen LogP contribution in [0.2, 0.25) is 24.2 Å². The second-order valence-electron chi connectivity index (χ2n) is 15.9. The molecule has 6 rings (SSSR count). The number of rotatable bonds is 12. The number of halogens is 2. The first-order valence-corrected chi connectivity index (χ1v) is 26.4. The maximum Gasteiger partial charge on any atom is 4.00 e. The van der Waals surface area contributed by atoms with Gasteiger partial charge in [0, 0.05) is 9.52 Å². The topological polar surface area (TPSA) is 0 Å². The van der Waals surface area contributed by atoms with E-state index in [4.69, 9.17) is 0 Å². The fraction of sp³-hybridized carbons (Fsp3) is 0.320. The van der Waals surface area contributed by atoms with Gasteiger partial charge in [-0.3, -0.25) is 0 Å². The van der Waals surface area contributed by atoms with Crippen LogP contribution in [0.4, 0.5) is 0 Å². The summed E-state index contributed by atoms with van der Waals surface area (Å²) in [5.41, 5.74) is 4.92. The van der Waals surface area contributed by atoms with Gasteiger partial charge < -0.3 is 24.8 Å². The number of hydrogen-bond acceptors (Lipinski definition) is 0. The van der Waals surface area contributed by atoms with Gasteiger partial charge in [0.1, 0.15) is 0 Å². The van der Waals surface area contributed by atoms with E-state index in [-0.39, 0.29) is 51.0 Å². The molecule has 0 aliphatic carbocycles. The molecule has 1 radical (unpaired) electrons. The van der Waals surface area contributed by atoms with Crippen molar-refractivity contribution in [3.8, 4) is 0 Å². The van der Waals surface area contributed by atoms with Crippen LogP contribution in [0, 0.1) is 0 Å². The van der Waals surface area contributed by atoms with Crippen LogP contribution in [0.1, 0.15) is 91.2 Å². The molecular formula is C50H65Cl2Si3Zr. The van der Waals surface area contributed by atoms with Gasteiger partial charge in [-0.2, -0.15) is 45.8 Å². The molecule has 0 heterocycles. The van der Waals surface area contributed by atoms with E-state index in [2.05, 4.69) is 226 Å². The maximum atomic E-state index is 2.47. The Bertz CT molecular complexity index is 1670. The minimum absolute atomic E-state index is 0. The molecule has 0 saturated carbocycles. The molecule has 56 heavy (non-hydrogen) atoms. The molecule has 0 nitrogen and oxygen atoms in total. The van der Waals surface area contributed by atoms with Crippen molar-refractivity contribution in [3.63, 3.8) is 0 Å². The largest absolute Gasteiger partial charge is 4.00 e. The molecule has 2 unspecified atom stereocenters. The zero-order valence-electron chi connectivity index (χ0n) is 35.6. The molecule has 6 aromatic carbocycles. The summed E-state index contributed by atoms with van der Waals surface area (Å²) in [5, 5.41) is 8.91. The van der Waals surface area contributed by atoms with Gasteiger partial charge in [0.15, 0.2) is 0 Å². The van der Waals surface area contributed by atoms with E-state index in [0.29, 0.717) is 11.8 Å². The second kappa shape index (κ2) is 25.2. The van der Waals surface area contributed by atoms with Crippen LogP contribution in [-0.2, 0) is 26.2 Å². The van der Waals surface area contributed by atoms with Crippen LogP contribution >= 0.6 is 0 Å². The molecule has 0 aliphatic heterocycles. The van der Waals surface area contributed by atoms with Crippen molar-refractivity contribution in [3.05, 3.63) is 169 Å². The summed E-state index contributed by atoms with van der Waals surface area (Å²) in [6, 6.07) is 58.2. The van der Waals surface area contributed by atoms with E-state index < -0.39 is 16.1 Å². The van der Waals surface area contributed by atoms with Gasteiger partial charge in [0.05, 0.1) is 16.1 Å². The van der Waals surface area contributed by atoms with Crippen LogP contribution in [0.5, 0.6) is 0 Å².